The minimum atomic E-state index is -3.87. The van der Waals surface area contributed by atoms with E-state index in [1.54, 1.807) is 0 Å². The molecule has 3 aromatic heterocycles. The number of fused-ring (bicyclic) bond motifs is 1. The van der Waals surface area contributed by atoms with Crippen LogP contribution in [-0.4, -0.2) is 113 Å². The molecule has 0 aliphatic carbocycles. The lowest BCUT2D eigenvalue weighted by atomic mass is 10.1. The molecule has 5 heterocycles. The normalized spacial score (nSPS) is 22.3. The van der Waals surface area contributed by atoms with Gasteiger partial charge in [-0.15, -0.1) is 10.2 Å². The molecule has 0 bridgehead atoms. The van der Waals surface area contributed by atoms with Crippen molar-refractivity contribution in [3.05, 3.63) is 72.3 Å². The van der Waals surface area contributed by atoms with Crippen LogP contribution in [0.15, 0.2) is 65.8 Å². The Morgan fingerprint density at radius 1 is 1.09 bits per heavy atom. The number of aliphatic hydroxyl groups excluding tert-OH is 3. The summed E-state index contributed by atoms with van der Waals surface area (Å²) in [4.78, 5) is 30.2. The minimum Gasteiger partial charge on any atom is -0.394 e. The number of aliphatic hydroxyl groups is 3. The van der Waals surface area contributed by atoms with Crippen molar-refractivity contribution in [3.8, 4) is 0 Å². The smallest absolute Gasteiger partial charge is 0.319 e. The quantitative estimate of drug-likeness (QED) is 0.0877. The molecule has 2 saturated heterocycles. The fraction of sp³-hybridized carbons (Fsp3) is 0.406. The van der Waals surface area contributed by atoms with Crippen LogP contribution in [0.3, 0.4) is 0 Å². The minimum absolute atomic E-state index is 0.0737. The van der Waals surface area contributed by atoms with Crippen LogP contribution in [0.4, 0.5) is 22.2 Å². The van der Waals surface area contributed by atoms with Crippen LogP contribution in [0.25, 0.3) is 11.2 Å². The summed E-state index contributed by atoms with van der Waals surface area (Å²) in [5.41, 5.74) is 2.00. The van der Waals surface area contributed by atoms with Gasteiger partial charge >= 0.3 is 6.03 Å². The highest BCUT2D eigenvalue weighted by atomic mass is 32.2. The average Bonchev–Trinajstić information content (AvgIpc) is 3.96. The summed E-state index contributed by atoms with van der Waals surface area (Å²) in [6, 6.07) is 13.9. The molecule has 0 saturated carbocycles. The van der Waals surface area contributed by atoms with Crippen molar-refractivity contribution in [1.82, 2.24) is 45.0 Å². The number of nitrogens with two attached hydrogens (primary N) is 1. The van der Waals surface area contributed by atoms with Crippen LogP contribution in [0, 0.1) is 0 Å². The molecule has 6 atom stereocenters. The second-order valence-electron chi connectivity index (χ2n) is 12.8. The number of ether oxygens (including phenoxy) is 1. The molecule has 5 aromatic rings. The van der Waals surface area contributed by atoms with Gasteiger partial charge in [-0.1, -0.05) is 30.3 Å². The fourth-order valence-electron chi connectivity index (χ4n) is 6.33. The number of imidazole rings is 1. The van der Waals surface area contributed by atoms with E-state index in [1.165, 1.54) is 40.0 Å². The van der Waals surface area contributed by atoms with Crippen LogP contribution in [0.1, 0.15) is 37.1 Å². The first-order valence-electron chi connectivity index (χ1n) is 16.9. The first-order chi connectivity index (χ1) is 25.5. The number of sulfonamides is 1. The lowest BCUT2D eigenvalue weighted by Crippen LogP contribution is -2.40. The van der Waals surface area contributed by atoms with Gasteiger partial charge in [-0.05, 0) is 54.8 Å². The zero-order valence-corrected chi connectivity index (χ0v) is 29.3. The van der Waals surface area contributed by atoms with Gasteiger partial charge in [-0.25, -0.2) is 23.3 Å². The molecule has 0 radical (unpaired) electrons. The largest absolute Gasteiger partial charge is 0.394 e. The summed E-state index contributed by atoms with van der Waals surface area (Å²) in [6.07, 6.45) is -2.50. The third kappa shape index (κ3) is 7.75. The summed E-state index contributed by atoms with van der Waals surface area (Å²) < 4.78 is 30.8. The first kappa shape index (κ1) is 36.1. The maximum absolute atomic E-state index is 12.9. The second-order valence-corrected chi connectivity index (χ2v) is 14.3. The molecule has 53 heavy (non-hydrogen) atoms. The molecule has 2 fully saturated rings. The van der Waals surface area contributed by atoms with Gasteiger partial charge < -0.3 is 40.9 Å². The van der Waals surface area contributed by atoms with Crippen molar-refractivity contribution in [3.63, 3.8) is 0 Å². The molecule has 2 aliphatic heterocycles. The van der Waals surface area contributed by atoms with Crippen molar-refractivity contribution in [2.24, 2.45) is 5.14 Å². The maximum atomic E-state index is 12.9. The lowest BCUT2D eigenvalue weighted by molar-refractivity contribution is -0.0384. The second kappa shape index (κ2) is 15.0. The van der Waals surface area contributed by atoms with Gasteiger partial charge in [0.2, 0.25) is 21.8 Å². The van der Waals surface area contributed by atoms with Crippen LogP contribution < -0.4 is 26.0 Å². The number of primary sulfonamides is 1. The van der Waals surface area contributed by atoms with Gasteiger partial charge in [0.25, 0.3) is 0 Å². The number of hydrogen-bond donors (Lipinski definition) is 7. The highest BCUT2D eigenvalue weighted by molar-refractivity contribution is 7.89. The third-order valence-corrected chi connectivity index (χ3v) is 9.99. The number of benzene rings is 2. The lowest BCUT2D eigenvalue weighted by Gasteiger charge is -2.22. The molecule has 21 heteroatoms. The number of rotatable bonds is 12. The predicted octanol–water partition coefficient (Wildman–Crippen LogP) is -0.112. The zero-order valence-electron chi connectivity index (χ0n) is 28.5. The van der Waals surface area contributed by atoms with E-state index >= 15 is 0 Å². The number of urea groups is 1. The molecule has 2 aromatic carbocycles. The highest BCUT2D eigenvalue weighted by Crippen LogP contribution is 2.39. The molecule has 7 rings (SSSR count). The fourth-order valence-corrected chi connectivity index (χ4v) is 6.85. The van der Waals surface area contributed by atoms with E-state index in [-0.39, 0.29) is 29.0 Å². The van der Waals surface area contributed by atoms with E-state index in [9.17, 15) is 28.5 Å². The predicted molar refractivity (Wildman–Crippen MR) is 189 cm³/mol. The number of anilines is 3. The molecule has 2 aliphatic rings. The number of carbonyl (C=O) groups excluding carboxylic acids is 1. The Morgan fingerprint density at radius 2 is 1.87 bits per heavy atom. The first-order valence-corrected chi connectivity index (χ1v) is 18.5. The van der Waals surface area contributed by atoms with Crippen molar-refractivity contribution in [2.45, 2.75) is 67.8 Å². The van der Waals surface area contributed by atoms with Gasteiger partial charge in [-0.2, -0.15) is 14.8 Å². The number of nitrogens with zero attached hydrogens (tertiary/aromatic N) is 9. The van der Waals surface area contributed by atoms with E-state index in [4.69, 9.17) is 19.8 Å². The van der Waals surface area contributed by atoms with Gasteiger partial charge in [0.1, 0.15) is 12.2 Å². The monoisotopic (exact) mass is 749 g/mol. The van der Waals surface area contributed by atoms with Crippen LogP contribution in [-0.2, 0) is 27.7 Å². The number of amides is 2. The van der Waals surface area contributed by atoms with Gasteiger partial charge in [-0.3, -0.25) is 4.57 Å². The van der Waals surface area contributed by atoms with Crippen molar-refractivity contribution < 1.29 is 33.3 Å². The molecule has 20 nitrogen and oxygen atoms in total. The maximum Gasteiger partial charge on any atom is 0.319 e. The van der Waals surface area contributed by atoms with E-state index in [2.05, 4.69) is 36.3 Å². The molecule has 0 spiro atoms. The van der Waals surface area contributed by atoms with E-state index in [0.717, 1.165) is 5.56 Å². The average molecular weight is 750 g/mol. The Balaban J connectivity index is 1.14. The number of aromatic nitrogens is 8. The number of tetrazole rings is 1. The van der Waals surface area contributed by atoms with Crippen molar-refractivity contribution in [2.75, 3.05) is 35.2 Å². The molecule has 2 amide bonds. The van der Waals surface area contributed by atoms with Gasteiger partial charge in [0.05, 0.1) is 30.4 Å². The molecular weight excluding hydrogens is 711 g/mol. The summed E-state index contributed by atoms with van der Waals surface area (Å²) in [6.45, 7) is 2.90. The Labute approximate surface area is 303 Å². The summed E-state index contributed by atoms with van der Waals surface area (Å²) >= 11 is 0. The number of hydrogen-bond acceptors (Lipinski definition) is 15. The van der Waals surface area contributed by atoms with Gasteiger partial charge in [0.15, 0.2) is 29.3 Å². The standard InChI is InChI=1S/C32H39N13O7S/c1-2-45-41-28(40-42-45)26-24(47)25(48)30(52-26)44-17-34-23-27(35-21(16-46)14-18-6-4-3-5-7-18)38-31(39-29(23)44)43-13-12-20(15-43)37-32(49)36-19-8-10-22(11-9-19)53(33,50)51/h3-11,17,20-21,24-26,30,46-48H,2,12-16H2,1H3,(H2,33,50,51)(H,35,38,39)(H2,36,37,49)/t20?,21-,24-,25+,26-,30+/m0/s1. The Hall–Kier alpha value is -5.32. The van der Waals surface area contributed by atoms with E-state index < -0.39 is 46.6 Å². The number of nitrogens with one attached hydrogen (secondary N) is 3. The molecule has 8 N–H and O–H groups in total. The van der Waals surface area contributed by atoms with Crippen LogP contribution in [0.5, 0.6) is 0 Å². The molecular formula is C32H39N13O7S. The Bertz CT molecular complexity index is 2170. The topological polar surface area (TPSA) is 274 Å². The number of carbonyl (C=O) groups is 1. The van der Waals surface area contributed by atoms with Crippen LogP contribution >= 0.6 is 0 Å². The summed E-state index contributed by atoms with van der Waals surface area (Å²) in [5.74, 6) is 0.737. The van der Waals surface area contributed by atoms with Crippen molar-refractivity contribution >= 4 is 44.7 Å². The number of aryl methyl sites for hydroxylation is 1. The molecule has 1 unspecified atom stereocenters. The summed E-state index contributed by atoms with van der Waals surface area (Å²) in [7, 11) is -3.87. The zero-order chi connectivity index (χ0) is 37.3. The van der Waals surface area contributed by atoms with E-state index in [0.29, 0.717) is 55.4 Å². The van der Waals surface area contributed by atoms with Crippen LogP contribution in [0.2, 0.25) is 0 Å². The van der Waals surface area contributed by atoms with Crippen molar-refractivity contribution in [1.29, 1.82) is 0 Å². The van der Waals surface area contributed by atoms with Gasteiger partial charge in [0, 0.05) is 24.8 Å². The Morgan fingerprint density at radius 3 is 2.57 bits per heavy atom. The third-order valence-electron chi connectivity index (χ3n) is 9.06. The Kier molecular flexibility index (Phi) is 10.2. The SMILES string of the molecule is CCn1nnc([C@H]2O[C@@H](n3cnc4c(N[C@H](CO)Cc5ccccc5)nc(N5CCC(NC(=O)Nc6ccc(S(N)(=O)=O)cc6)C5)nc43)[C@H](O)[C@@H]2O)n1. The highest BCUT2D eigenvalue weighted by Gasteiger charge is 2.47. The summed E-state index contributed by atoms with van der Waals surface area (Å²) in [5, 5.41) is 58.8. The van der Waals surface area contributed by atoms with E-state index in [1.807, 2.05) is 42.2 Å². The molecule has 280 valence electrons.